The molecule has 0 saturated heterocycles. The maximum Gasteiger partial charge on any atom is 0.416 e. The molecule has 0 radical (unpaired) electrons. The average molecular weight is 423 g/mol. The van der Waals surface area contributed by atoms with Crippen molar-refractivity contribution in [1.29, 1.82) is 0 Å². The van der Waals surface area contributed by atoms with E-state index in [1.165, 1.54) is 17.0 Å². The number of rotatable bonds is 4. The molecule has 29 heavy (non-hydrogen) atoms. The zero-order valence-corrected chi connectivity index (χ0v) is 16.7. The fraction of sp³-hybridized carbons (Fsp3) is 0.286. The SMILES string of the molecule is CC(C)c1ccc(N(C(=O)c2cccc(C(F)(F)F)c2)[C@@H]2C=CS(=O)(=O)C2)cc1. The first-order valence-corrected chi connectivity index (χ1v) is 10.7. The number of benzene rings is 2. The van der Waals surface area contributed by atoms with E-state index in [0.717, 1.165) is 29.2 Å². The van der Waals surface area contributed by atoms with Crippen LogP contribution in [0.4, 0.5) is 18.9 Å². The van der Waals surface area contributed by atoms with Crippen LogP contribution in [0.5, 0.6) is 0 Å². The molecule has 1 atom stereocenters. The fourth-order valence-corrected chi connectivity index (χ4v) is 4.44. The van der Waals surface area contributed by atoms with E-state index < -0.39 is 33.5 Å². The molecule has 1 aliphatic heterocycles. The van der Waals surface area contributed by atoms with E-state index in [2.05, 4.69) is 0 Å². The Balaban J connectivity index is 2.04. The van der Waals surface area contributed by atoms with Crippen LogP contribution in [0.15, 0.2) is 60.0 Å². The van der Waals surface area contributed by atoms with Crippen LogP contribution in [0.1, 0.15) is 41.3 Å². The topological polar surface area (TPSA) is 54.5 Å². The number of amides is 1. The van der Waals surface area contributed by atoms with Gasteiger partial charge in [-0.1, -0.05) is 32.0 Å². The van der Waals surface area contributed by atoms with E-state index in [0.29, 0.717) is 5.69 Å². The fourth-order valence-electron chi connectivity index (χ4n) is 3.17. The number of carbonyl (C=O) groups is 1. The maximum absolute atomic E-state index is 13.2. The molecule has 154 valence electrons. The van der Waals surface area contributed by atoms with E-state index in [9.17, 15) is 26.4 Å². The summed E-state index contributed by atoms with van der Waals surface area (Å²) in [5.41, 5.74) is 0.344. The average Bonchev–Trinajstić information content (AvgIpc) is 3.01. The Labute approximate surface area is 167 Å². The molecular weight excluding hydrogens is 403 g/mol. The monoisotopic (exact) mass is 423 g/mol. The van der Waals surface area contributed by atoms with Gasteiger partial charge < -0.3 is 4.90 Å². The molecule has 0 N–H and O–H groups in total. The van der Waals surface area contributed by atoms with Crippen LogP contribution in [-0.2, 0) is 16.0 Å². The minimum absolute atomic E-state index is 0.162. The van der Waals surface area contributed by atoms with Crippen molar-refractivity contribution < 1.29 is 26.4 Å². The molecule has 2 aromatic rings. The zero-order valence-electron chi connectivity index (χ0n) is 15.8. The number of halogens is 3. The Morgan fingerprint density at radius 2 is 1.76 bits per heavy atom. The number of anilines is 1. The normalized spacial score (nSPS) is 18.2. The van der Waals surface area contributed by atoms with Gasteiger partial charge in [-0.25, -0.2) is 8.42 Å². The highest BCUT2D eigenvalue weighted by atomic mass is 32.2. The minimum atomic E-state index is -4.59. The second-order valence-electron chi connectivity index (χ2n) is 7.23. The molecule has 1 heterocycles. The molecular formula is C21H20F3NO3S. The van der Waals surface area contributed by atoms with E-state index in [1.54, 1.807) is 12.1 Å². The minimum Gasteiger partial charge on any atom is -0.300 e. The molecule has 0 unspecified atom stereocenters. The van der Waals surface area contributed by atoms with Gasteiger partial charge in [0, 0.05) is 16.7 Å². The standard InChI is InChI=1S/C21H20F3NO3S/c1-14(2)15-6-8-18(9-7-15)25(19-10-11-29(27,28)13-19)20(26)16-4-3-5-17(12-16)21(22,23)24/h3-12,14,19H,13H2,1-2H3/t19-/m1/s1. The van der Waals surface area contributed by atoms with Crippen LogP contribution in [-0.4, -0.2) is 26.1 Å². The highest BCUT2D eigenvalue weighted by molar-refractivity contribution is 7.94. The van der Waals surface area contributed by atoms with Gasteiger partial charge in [0.2, 0.25) is 0 Å². The third-order valence-electron chi connectivity index (χ3n) is 4.74. The number of sulfone groups is 1. The number of nitrogens with zero attached hydrogens (tertiary/aromatic N) is 1. The van der Waals surface area contributed by atoms with Crippen molar-refractivity contribution in [2.75, 3.05) is 10.7 Å². The van der Waals surface area contributed by atoms with Gasteiger partial charge in [-0.15, -0.1) is 0 Å². The molecule has 4 nitrogen and oxygen atoms in total. The van der Waals surface area contributed by atoms with Crippen molar-refractivity contribution >= 4 is 21.4 Å². The molecule has 1 aliphatic rings. The summed E-state index contributed by atoms with van der Waals surface area (Å²) < 4.78 is 63.0. The number of alkyl halides is 3. The summed E-state index contributed by atoms with van der Waals surface area (Å²) in [6.45, 7) is 4.01. The van der Waals surface area contributed by atoms with Crippen LogP contribution in [0.3, 0.4) is 0 Å². The van der Waals surface area contributed by atoms with E-state index in [1.807, 2.05) is 26.0 Å². The molecule has 0 spiro atoms. The summed E-state index contributed by atoms with van der Waals surface area (Å²) in [4.78, 5) is 14.4. The molecule has 0 saturated carbocycles. The van der Waals surface area contributed by atoms with Crippen molar-refractivity contribution in [3.05, 3.63) is 76.7 Å². The summed E-state index contributed by atoms with van der Waals surface area (Å²) in [6.07, 6.45) is -3.20. The molecule has 0 aromatic heterocycles. The van der Waals surface area contributed by atoms with E-state index in [-0.39, 0.29) is 17.2 Å². The molecule has 2 aromatic carbocycles. The first kappa shape index (κ1) is 21.1. The number of hydrogen-bond donors (Lipinski definition) is 0. The highest BCUT2D eigenvalue weighted by Gasteiger charge is 2.34. The first-order chi connectivity index (χ1) is 13.5. The van der Waals surface area contributed by atoms with Crippen molar-refractivity contribution in [1.82, 2.24) is 0 Å². The van der Waals surface area contributed by atoms with E-state index in [4.69, 9.17) is 0 Å². The highest BCUT2D eigenvalue weighted by Crippen LogP contribution is 2.31. The summed E-state index contributed by atoms with van der Waals surface area (Å²) >= 11 is 0. The summed E-state index contributed by atoms with van der Waals surface area (Å²) in [5, 5.41) is 1.03. The predicted molar refractivity (Wildman–Crippen MR) is 105 cm³/mol. The van der Waals surface area contributed by atoms with Crippen molar-refractivity contribution in [2.45, 2.75) is 32.0 Å². The van der Waals surface area contributed by atoms with Gasteiger partial charge in [-0.05, 0) is 47.9 Å². The zero-order chi connectivity index (χ0) is 21.4. The lowest BCUT2D eigenvalue weighted by molar-refractivity contribution is -0.137. The van der Waals surface area contributed by atoms with Crippen LogP contribution in [0.2, 0.25) is 0 Å². The third-order valence-corrected chi connectivity index (χ3v) is 6.11. The van der Waals surface area contributed by atoms with Gasteiger partial charge in [0.25, 0.3) is 5.91 Å². The predicted octanol–water partition coefficient (Wildman–Crippen LogP) is 4.79. The molecule has 0 aliphatic carbocycles. The molecule has 8 heteroatoms. The lowest BCUT2D eigenvalue weighted by Crippen LogP contribution is -2.41. The number of hydrogen-bond acceptors (Lipinski definition) is 3. The van der Waals surface area contributed by atoms with Gasteiger partial charge in [0.15, 0.2) is 9.84 Å². The van der Waals surface area contributed by atoms with Crippen LogP contribution in [0, 0.1) is 0 Å². The Morgan fingerprint density at radius 1 is 1.10 bits per heavy atom. The van der Waals surface area contributed by atoms with Crippen molar-refractivity contribution in [2.24, 2.45) is 0 Å². The van der Waals surface area contributed by atoms with Gasteiger partial charge in [0.1, 0.15) is 0 Å². The van der Waals surface area contributed by atoms with E-state index >= 15 is 0 Å². The smallest absolute Gasteiger partial charge is 0.300 e. The molecule has 1 amide bonds. The van der Waals surface area contributed by atoms with Crippen LogP contribution >= 0.6 is 0 Å². The van der Waals surface area contributed by atoms with Crippen molar-refractivity contribution in [3.63, 3.8) is 0 Å². The van der Waals surface area contributed by atoms with Gasteiger partial charge in [0.05, 0.1) is 17.4 Å². The summed E-state index contributed by atoms with van der Waals surface area (Å²) in [7, 11) is -3.47. The summed E-state index contributed by atoms with van der Waals surface area (Å²) in [6, 6.07) is 10.3. The maximum atomic E-state index is 13.2. The summed E-state index contributed by atoms with van der Waals surface area (Å²) in [5.74, 6) is -0.757. The quantitative estimate of drug-likeness (QED) is 0.711. The molecule has 3 rings (SSSR count). The molecule has 0 bridgehead atoms. The van der Waals surface area contributed by atoms with Gasteiger partial charge >= 0.3 is 6.18 Å². The number of carbonyl (C=O) groups excluding carboxylic acids is 1. The van der Waals surface area contributed by atoms with Gasteiger partial charge in [-0.3, -0.25) is 4.79 Å². The lowest BCUT2D eigenvalue weighted by Gasteiger charge is -2.28. The molecule has 0 fully saturated rings. The Hall–Kier alpha value is -2.61. The Kier molecular flexibility index (Phi) is 5.58. The van der Waals surface area contributed by atoms with Crippen molar-refractivity contribution in [3.8, 4) is 0 Å². The second-order valence-corrected chi connectivity index (χ2v) is 9.16. The second kappa shape index (κ2) is 7.67. The van der Waals surface area contributed by atoms with Crippen LogP contribution in [0.25, 0.3) is 0 Å². The Morgan fingerprint density at radius 3 is 2.28 bits per heavy atom. The van der Waals surface area contributed by atoms with Crippen LogP contribution < -0.4 is 4.90 Å². The third kappa shape index (κ3) is 4.70. The Bertz CT molecular complexity index is 1040. The van der Waals surface area contributed by atoms with Gasteiger partial charge in [-0.2, -0.15) is 13.2 Å². The lowest BCUT2D eigenvalue weighted by atomic mass is 10.0. The first-order valence-electron chi connectivity index (χ1n) is 9.00. The largest absolute Gasteiger partial charge is 0.416 e.